The van der Waals surface area contributed by atoms with Gasteiger partial charge < -0.3 is 5.11 Å². The van der Waals surface area contributed by atoms with Crippen LogP contribution in [-0.2, 0) is 6.42 Å². The molecule has 0 unspecified atom stereocenters. The van der Waals surface area contributed by atoms with Crippen molar-refractivity contribution in [3.05, 3.63) is 54.1 Å². The number of phenols is 1. The maximum absolute atomic E-state index is 9.67. The summed E-state index contributed by atoms with van der Waals surface area (Å²) in [5.41, 5.74) is 3.62. The van der Waals surface area contributed by atoms with E-state index < -0.39 is 0 Å². The van der Waals surface area contributed by atoms with Crippen LogP contribution in [0.4, 0.5) is 0 Å². The quantitative estimate of drug-likeness (QED) is 0.580. The number of phenolic OH excluding ortho intramolecular Hbond substituents is 1. The van der Waals surface area contributed by atoms with E-state index in [9.17, 15) is 5.11 Å². The maximum Gasteiger partial charge on any atom is 0.115 e. The number of halogens is 1. The van der Waals surface area contributed by atoms with Crippen molar-refractivity contribution in [3.8, 4) is 16.9 Å². The van der Waals surface area contributed by atoms with Crippen molar-refractivity contribution in [2.24, 2.45) is 0 Å². The van der Waals surface area contributed by atoms with Gasteiger partial charge in [0.1, 0.15) is 5.75 Å². The molecule has 0 amide bonds. The maximum atomic E-state index is 9.67. The van der Waals surface area contributed by atoms with Crippen molar-refractivity contribution < 1.29 is 5.11 Å². The van der Waals surface area contributed by atoms with Crippen LogP contribution < -0.4 is 0 Å². The van der Waals surface area contributed by atoms with Gasteiger partial charge in [0.15, 0.2) is 0 Å². The molecule has 1 N–H and O–H groups in total. The third-order valence-electron chi connectivity index (χ3n) is 3.25. The second kappa shape index (κ2) is 7.20. The molecule has 19 heavy (non-hydrogen) atoms. The van der Waals surface area contributed by atoms with Crippen LogP contribution in [0.25, 0.3) is 11.1 Å². The van der Waals surface area contributed by atoms with E-state index in [1.807, 2.05) is 30.3 Å². The van der Waals surface area contributed by atoms with E-state index in [2.05, 4.69) is 12.1 Å². The summed E-state index contributed by atoms with van der Waals surface area (Å²) >= 11 is 5.70. The van der Waals surface area contributed by atoms with Crippen molar-refractivity contribution in [2.45, 2.75) is 25.7 Å². The second-order valence-corrected chi connectivity index (χ2v) is 5.09. The molecule has 0 aliphatic rings. The van der Waals surface area contributed by atoms with Gasteiger partial charge in [-0.05, 0) is 48.1 Å². The summed E-state index contributed by atoms with van der Waals surface area (Å²) in [7, 11) is 0. The van der Waals surface area contributed by atoms with Crippen LogP contribution in [0.3, 0.4) is 0 Å². The van der Waals surface area contributed by atoms with Crippen LogP contribution in [0.2, 0.25) is 0 Å². The molecular weight excluding hydrogens is 256 g/mol. The van der Waals surface area contributed by atoms with Gasteiger partial charge in [-0.25, -0.2) is 0 Å². The van der Waals surface area contributed by atoms with Crippen LogP contribution in [0.1, 0.15) is 24.8 Å². The van der Waals surface area contributed by atoms with E-state index in [0.29, 0.717) is 5.75 Å². The van der Waals surface area contributed by atoms with Gasteiger partial charge in [-0.3, -0.25) is 0 Å². The third-order valence-corrected chi connectivity index (χ3v) is 3.52. The molecule has 0 fully saturated rings. The lowest BCUT2D eigenvalue weighted by atomic mass is 9.95. The highest BCUT2D eigenvalue weighted by Crippen LogP contribution is 2.28. The molecule has 2 heteroatoms. The number of alkyl halides is 1. The highest BCUT2D eigenvalue weighted by molar-refractivity contribution is 6.17. The molecule has 0 spiro atoms. The molecule has 100 valence electrons. The van der Waals surface area contributed by atoms with E-state index in [-0.39, 0.29) is 0 Å². The minimum absolute atomic E-state index is 0.340. The molecule has 0 aromatic heterocycles. The number of benzene rings is 2. The second-order valence-electron chi connectivity index (χ2n) is 4.71. The SMILES string of the molecule is Oc1ccc(-c2ccccc2)c(CCCCCCl)c1. The van der Waals surface area contributed by atoms with Gasteiger partial charge in [0, 0.05) is 5.88 Å². The topological polar surface area (TPSA) is 20.2 Å². The van der Waals surface area contributed by atoms with Crippen LogP contribution in [-0.4, -0.2) is 11.0 Å². The van der Waals surface area contributed by atoms with Crippen molar-refractivity contribution in [3.63, 3.8) is 0 Å². The van der Waals surface area contributed by atoms with Gasteiger partial charge in [0.05, 0.1) is 0 Å². The number of aromatic hydroxyl groups is 1. The summed E-state index contributed by atoms with van der Waals surface area (Å²) in [6.07, 6.45) is 4.28. The molecule has 0 heterocycles. The molecule has 0 aliphatic heterocycles. The number of hydrogen-bond donors (Lipinski definition) is 1. The predicted octanol–water partition coefficient (Wildman–Crippen LogP) is 5.01. The lowest BCUT2D eigenvalue weighted by molar-refractivity contribution is 0.474. The first-order valence-electron chi connectivity index (χ1n) is 6.74. The van der Waals surface area contributed by atoms with E-state index >= 15 is 0 Å². The van der Waals surface area contributed by atoms with Crippen LogP contribution in [0, 0.1) is 0 Å². The standard InChI is InChI=1S/C17H19ClO/c18-12-6-2-5-9-15-13-16(19)10-11-17(15)14-7-3-1-4-8-14/h1,3-4,7-8,10-11,13,19H,2,5-6,9,12H2. The summed E-state index contributed by atoms with van der Waals surface area (Å²) in [6, 6.07) is 15.9. The van der Waals surface area contributed by atoms with Gasteiger partial charge in [0.25, 0.3) is 0 Å². The van der Waals surface area contributed by atoms with Gasteiger partial charge in [0.2, 0.25) is 0 Å². The van der Waals surface area contributed by atoms with E-state index in [4.69, 9.17) is 11.6 Å². The lowest BCUT2D eigenvalue weighted by Crippen LogP contribution is -1.91. The summed E-state index contributed by atoms with van der Waals surface area (Å²) in [5.74, 6) is 1.07. The summed E-state index contributed by atoms with van der Waals surface area (Å²) in [4.78, 5) is 0. The van der Waals surface area contributed by atoms with E-state index in [1.54, 1.807) is 6.07 Å². The minimum Gasteiger partial charge on any atom is -0.508 e. The average molecular weight is 275 g/mol. The van der Waals surface area contributed by atoms with Gasteiger partial charge in [-0.1, -0.05) is 42.8 Å². The van der Waals surface area contributed by atoms with Crippen LogP contribution in [0.5, 0.6) is 5.75 Å². The molecule has 2 rings (SSSR count). The Morgan fingerprint density at radius 2 is 1.68 bits per heavy atom. The number of rotatable bonds is 6. The van der Waals surface area contributed by atoms with Crippen molar-refractivity contribution >= 4 is 11.6 Å². The highest BCUT2D eigenvalue weighted by Gasteiger charge is 2.06. The zero-order chi connectivity index (χ0) is 13.5. The highest BCUT2D eigenvalue weighted by atomic mass is 35.5. The molecule has 0 saturated heterocycles. The van der Waals surface area contributed by atoms with Crippen molar-refractivity contribution in [2.75, 3.05) is 5.88 Å². The molecule has 0 saturated carbocycles. The smallest absolute Gasteiger partial charge is 0.115 e. The molecule has 2 aromatic rings. The van der Waals surface area contributed by atoms with Crippen LogP contribution >= 0.6 is 11.6 Å². The fourth-order valence-corrected chi connectivity index (χ4v) is 2.46. The molecule has 0 radical (unpaired) electrons. The molecular formula is C17H19ClO. The van der Waals surface area contributed by atoms with Crippen molar-refractivity contribution in [1.82, 2.24) is 0 Å². The third kappa shape index (κ3) is 4.00. The first-order chi connectivity index (χ1) is 9.31. The fourth-order valence-electron chi connectivity index (χ4n) is 2.27. The molecule has 1 nitrogen and oxygen atoms in total. The van der Waals surface area contributed by atoms with Gasteiger partial charge >= 0.3 is 0 Å². The largest absolute Gasteiger partial charge is 0.508 e. The number of aryl methyl sites for hydroxylation is 1. The monoisotopic (exact) mass is 274 g/mol. The van der Waals surface area contributed by atoms with Gasteiger partial charge in [-0.2, -0.15) is 0 Å². The first kappa shape index (κ1) is 14.0. The molecule has 0 aliphatic carbocycles. The van der Waals surface area contributed by atoms with Gasteiger partial charge in [-0.15, -0.1) is 11.6 Å². The predicted molar refractivity (Wildman–Crippen MR) is 81.8 cm³/mol. The summed E-state index contributed by atoms with van der Waals surface area (Å²) in [6.45, 7) is 0. The Morgan fingerprint density at radius 3 is 2.42 bits per heavy atom. The zero-order valence-electron chi connectivity index (χ0n) is 11.0. The lowest BCUT2D eigenvalue weighted by Gasteiger charge is -2.10. The Kier molecular flexibility index (Phi) is 5.29. The fraction of sp³-hybridized carbons (Fsp3) is 0.294. The summed E-state index contributed by atoms with van der Waals surface area (Å²) < 4.78 is 0. The number of unbranched alkanes of at least 4 members (excludes halogenated alkanes) is 2. The van der Waals surface area contributed by atoms with E-state index in [1.165, 1.54) is 16.7 Å². The zero-order valence-corrected chi connectivity index (χ0v) is 11.7. The average Bonchev–Trinajstić information content (AvgIpc) is 2.45. The summed E-state index contributed by atoms with van der Waals surface area (Å²) in [5, 5.41) is 9.67. The normalized spacial score (nSPS) is 10.6. The first-order valence-corrected chi connectivity index (χ1v) is 7.28. The Morgan fingerprint density at radius 1 is 0.895 bits per heavy atom. The Balaban J connectivity index is 2.18. The minimum atomic E-state index is 0.340. The van der Waals surface area contributed by atoms with E-state index in [0.717, 1.165) is 31.6 Å². The molecule has 0 atom stereocenters. The van der Waals surface area contributed by atoms with Crippen LogP contribution in [0.15, 0.2) is 48.5 Å². The molecule has 0 bridgehead atoms. The Hall–Kier alpha value is -1.47. The Labute approximate surface area is 119 Å². The van der Waals surface area contributed by atoms with Crippen molar-refractivity contribution in [1.29, 1.82) is 0 Å². The molecule has 2 aromatic carbocycles. The Bertz CT molecular complexity index is 508. The number of hydrogen-bond acceptors (Lipinski definition) is 1.